The number of fused-ring (bicyclic) bond motifs is 1. The number of halogens is 1. The summed E-state index contributed by atoms with van der Waals surface area (Å²) in [7, 11) is 0. The monoisotopic (exact) mass is 435 g/mol. The molecule has 0 saturated heterocycles. The Bertz CT molecular complexity index is 1080. The van der Waals surface area contributed by atoms with E-state index in [-0.39, 0.29) is 12.1 Å². The third-order valence-electron chi connectivity index (χ3n) is 6.05. The van der Waals surface area contributed by atoms with E-state index in [9.17, 15) is 9.90 Å². The van der Waals surface area contributed by atoms with Crippen LogP contribution in [0.1, 0.15) is 36.8 Å². The van der Waals surface area contributed by atoms with Gasteiger partial charge >= 0.3 is 6.09 Å². The summed E-state index contributed by atoms with van der Waals surface area (Å²) >= 11 is 6.32. The molecular weight excluding hydrogens is 410 g/mol. The predicted molar refractivity (Wildman–Crippen MR) is 127 cm³/mol. The van der Waals surface area contributed by atoms with E-state index in [0.717, 1.165) is 53.3 Å². The Hall–Kier alpha value is -3.05. The normalized spacial score (nSPS) is 18.5. The second-order valence-corrected chi connectivity index (χ2v) is 8.34. The molecule has 0 unspecified atom stereocenters. The van der Waals surface area contributed by atoms with Crippen LogP contribution in [0.15, 0.2) is 61.3 Å². The number of benzene rings is 2. The van der Waals surface area contributed by atoms with Gasteiger partial charge in [-0.2, -0.15) is 0 Å². The van der Waals surface area contributed by atoms with Crippen LogP contribution in [0.4, 0.5) is 10.5 Å². The molecule has 1 aliphatic carbocycles. The number of hydrogen-bond donors (Lipinski definition) is 2. The van der Waals surface area contributed by atoms with Gasteiger partial charge in [-0.25, -0.2) is 9.78 Å². The minimum Gasteiger partial charge on any atom is -0.465 e. The molecule has 0 radical (unpaired) electrons. The van der Waals surface area contributed by atoms with Crippen molar-refractivity contribution < 1.29 is 9.90 Å². The van der Waals surface area contributed by atoms with Crippen LogP contribution in [-0.2, 0) is 6.54 Å². The maximum absolute atomic E-state index is 11.9. The molecule has 5 nitrogen and oxygen atoms in total. The summed E-state index contributed by atoms with van der Waals surface area (Å²) in [6, 6.07) is 16.1. The van der Waals surface area contributed by atoms with Gasteiger partial charge in [0, 0.05) is 46.8 Å². The van der Waals surface area contributed by atoms with Gasteiger partial charge < -0.3 is 15.3 Å². The molecule has 1 heterocycles. The van der Waals surface area contributed by atoms with Crippen LogP contribution in [0.25, 0.3) is 16.8 Å². The SMILES string of the molecule is C=Cc1cnc(Cl)c2cccc(NC3CCC(N(Cc4ccccc4)C(=O)O)CC3)c12. The standard InChI is InChI=1S/C25H26ClN3O2/c1-2-18-15-27-24(26)21-9-6-10-22(23(18)21)28-19-11-13-20(14-12-19)29(25(30)31)16-17-7-4-3-5-8-17/h2-10,15,19-20,28H,1,11-14,16H2,(H,30,31). The number of aromatic nitrogens is 1. The first-order valence-corrected chi connectivity index (χ1v) is 10.9. The lowest BCUT2D eigenvalue weighted by Crippen LogP contribution is -2.43. The van der Waals surface area contributed by atoms with Gasteiger partial charge in [-0.3, -0.25) is 0 Å². The van der Waals surface area contributed by atoms with E-state index < -0.39 is 6.09 Å². The van der Waals surface area contributed by atoms with Crippen molar-refractivity contribution in [1.29, 1.82) is 0 Å². The number of amides is 1. The van der Waals surface area contributed by atoms with Gasteiger partial charge in [0.05, 0.1) is 0 Å². The number of carbonyl (C=O) groups is 1. The highest BCUT2D eigenvalue weighted by Gasteiger charge is 2.29. The lowest BCUT2D eigenvalue weighted by atomic mass is 9.89. The van der Waals surface area contributed by atoms with E-state index in [2.05, 4.69) is 22.9 Å². The molecule has 0 atom stereocenters. The number of rotatable bonds is 6. The molecule has 6 heteroatoms. The number of anilines is 1. The molecule has 0 aliphatic heterocycles. The zero-order valence-electron chi connectivity index (χ0n) is 17.3. The molecule has 1 aliphatic rings. The lowest BCUT2D eigenvalue weighted by Gasteiger charge is -2.36. The van der Waals surface area contributed by atoms with Crippen molar-refractivity contribution in [3.05, 3.63) is 77.6 Å². The Morgan fingerprint density at radius 3 is 2.58 bits per heavy atom. The number of carboxylic acid groups (broad SMARTS) is 1. The first-order chi connectivity index (χ1) is 15.1. The molecule has 2 aromatic carbocycles. The fraction of sp³-hybridized carbons (Fsp3) is 0.280. The zero-order chi connectivity index (χ0) is 21.8. The van der Waals surface area contributed by atoms with E-state index in [0.29, 0.717) is 11.7 Å². The zero-order valence-corrected chi connectivity index (χ0v) is 18.1. The Morgan fingerprint density at radius 1 is 1.16 bits per heavy atom. The first-order valence-electron chi connectivity index (χ1n) is 10.6. The largest absolute Gasteiger partial charge is 0.465 e. The third kappa shape index (κ3) is 4.67. The van der Waals surface area contributed by atoms with E-state index in [1.54, 1.807) is 17.2 Å². The molecule has 160 valence electrons. The second kappa shape index (κ2) is 9.40. The maximum Gasteiger partial charge on any atom is 0.407 e. The Morgan fingerprint density at radius 2 is 1.90 bits per heavy atom. The highest BCUT2D eigenvalue weighted by atomic mass is 35.5. The van der Waals surface area contributed by atoms with Gasteiger partial charge in [0.15, 0.2) is 0 Å². The Kier molecular flexibility index (Phi) is 6.42. The number of pyridine rings is 1. The Balaban J connectivity index is 1.46. The molecule has 3 aromatic rings. The minimum absolute atomic E-state index is 0.0330. The van der Waals surface area contributed by atoms with Crippen molar-refractivity contribution in [3.8, 4) is 0 Å². The summed E-state index contributed by atoms with van der Waals surface area (Å²) in [4.78, 5) is 17.7. The first kappa shape index (κ1) is 21.2. The van der Waals surface area contributed by atoms with E-state index in [1.807, 2.05) is 42.5 Å². The van der Waals surface area contributed by atoms with Crippen LogP contribution in [0.2, 0.25) is 5.15 Å². The highest BCUT2D eigenvalue weighted by molar-refractivity contribution is 6.35. The van der Waals surface area contributed by atoms with Crippen LogP contribution in [0, 0.1) is 0 Å². The van der Waals surface area contributed by atoms with Crippen molar-refractivity contribution in [1.82, 2.24) is 9.88 Å². The van der Waals surface area contributed by atoms with Gasteiger partial charge in [-0.1, -0.05) is 66.7 Å². The smallest absolute Gasteiger partial charge is 0.407 e. The number of hydrogen-bond acceptors (Lipinski definition) is 3. The molecular formula is C25H26ClN3O2. The average Bonchev–Trinajstić information content (AvgIpc) is 2.79. The van der Waals surface area contributed by atoms with Crippen LogP contribution in [-0.4, -0.2) is 33.2 Å². The summed E-state index contributed by atoms with van der Waals surface area (Å²) in [5.41, 5.74) is 2.97. The minimum atomic E-state index is -0.855. The van der Waals surface area contributed by atoms with Crippen molar-refractivity contribution >= 4 is 40.2 Å². The van der Waals surface area contributed by atoms with Crippen molar-refractivity contribution in [2.24, 2.45) is 0 Å². The molecule has 1 fully saturated rings. The van der Waals surface area contributed by atoms with Gasteiger partial charge in [-0.15, -0.1) is 0 Å². The maximum atomic E-state index is 11.9. The summed E-state index contributed by atoms with van der Waals surface area (Å²) in [6.45, 7) is 4.33. The lowest BCUT2D eigenvalue weighted by molar-refractivity contribution is 0.105. The van der Waals surface area contributed by atoms with E-state index in [1.165, 1.54) is 0 Å². The molecule has 1 amide bonds. The van der Waals surface area contributed by atoms with Gasteiger partial charge in [-0.05, 0) is 37.3 Å². The average molecular weight is 436 g/mol. The fourth-order valence-corrected chi connectivity index (χ4v) is 4.66. The molecule has 4 rings (SSSR count). The van der Waals surface area contributed by atoms with Crippen LogP contribution in [0.5, 0.6) is 0 Å². The van der Waals surface area contributed by atoms with Crippen LogP contribution in [0.3, 0.4) is 0 Å². The number of nitrogens with one attached hydrogen (secondary N) is 1. The Labute approximate surface area is 187 Å². The molecule has 31 heavy (non-hydrogen) atoms. The highest BCUT2D eigenvalue weighted by Crippen LogP contribution is 2.34. The van der Waals surface area contributed by atoms with Crippen LogP contribution >= 0.6 is 11.6 Å². The fourth-order valence-electron chi connectivity index (χ4n) is 4.46. The van der Waals surface area contributed by atoms with Crippen molar-refractivity contribution in [3.63, 3.8) is 0 Å². The quantitative estimate of drug-likeness (QED) is 0.437. The summed E-state index contributed by atoms with van der Waals surface area (Å²) in [5, 5.41) is 15.8. The number of nitrogens with zero attached hydrogens (tertiary/aromatic N) is 2. The van der Waals surface area contributed by atoms with Gasteiger partial charge in [0.2, 0.25) is 0 Å². The van der Waals surface area contributed by atoms with Crippen molar-refractivity contribution in [2.75, 3.05) is 5.32 Å². The van der Waals surface area contributed by atoms with E-state index >= 15 is 0 Å². The third-order valence-corrected chi connectivity index (χ3v) is 6.35. The molecule has 0 bridgehead atoms. The molecule has 2 N–H and O–H groups in total. The molecule has 1 saturated carbocycles. The summed E-state index contributed by atoms with van der Waals surface area (Å²) in [6.07, 6.45) is 6.16. The molecule has 1 aromatic heterocycles. The molecule has 0 spiro atoms. The van der Waals surface area contributed by atoms with Crippen LogP contribution < -0.4 is 5.32 Å². The predicted octanol–water partition coefficient (Wildman–Crippen LogP) is 6.43. The second-order valence-electron chi connectivity index (χ2n) is 7.98. The topological polar surface area (TPSA) is 65.5 Å². The van der Waals surface area contributed by atoms with Gasteiger partial charge in [0.1, 0.15) is 5.15 Å². The van der Waals surface area contributed by atoms with E-state index in [4.69, 9.17) is 11.6 Å². The summed E-state index contributed by atoms with van der Waals surface area (Å²) < 4.78 is 0. The summed E-state index contributed by atoms with van der Waals surface area (Å²) in [5.74, 6) is 0. The van der Waals surface area contributed by atoms with Gasteiger partial charge in [0.25, 0.3) is 0 Å². The van der Waals surface area contributed by atoms with Crippen molar-refractivity contribution in [2.45, 2.75) is 44.3 Å².